The molecule has 2 amide bonds. The van der Waals surface area contributed by atoms with Crippen molar-refractivity contribution in [2.75, 3.05) is 26.2 Å². The van der Waals surface area contributed by atoms with E-state index >= 15 is 0 Å². The third-order valence-electron chi connectivity index (χ3n) is 5.03. The first-order valence-electron chi connectivity index (χ1n) is 9.52. The molecule has 2 fully saturated rings. The minimum atomic E-state index is -0.514. The molecule has 2 N–H and O–H groups in total. The molecule has 7 nitrogen and oxygen atoms in total. The zero-order chi connectivity index (χ0) is 19.5. The number of carbonyl (C=O) groups is 2. The molecule has 2 aliphatic rings. The van der Waals surface area contributed by atoms with Crippen LogP contribution in [-0.4, -0.2) is 58.9 Å². The number of halogens is 1. The van der Waals surface area contributed by atoms with Crippen LogP contribution in [-0.2, 0) is 4.79 Å². The Morgan fingerprint density at radius 1 is 1.14 bits per heavy atom. The number of rotatable bonds is 5. The fourth-order valence-corrected chi connectivity index (χ4v) is 3.54. The smallest absolute Gasteiger partial charge is 0.270 e. The second-order valence-corrected chi connectivity index (χ2v) is 7.52. The summed E-state index contributed by atoms with van der Waals surface area (Å²) in [4.78, 5) is 36.2. The third-order valence-corrected chi connectivity index (χ3v) is 5.23. The van der Waals surface area contributed by atoms with Gasteiger partial charge in [0.1, 0.15) is 16.9 Å². The van der Waals surface area contributed by atoms with Gasteiger partial charge in [0.25, 0.3) is 5.91 Å². The first-order valence-corrected chi connectivity index (χ1v) is 9.90. The Morgan fingerprint density at radius 2 is 1.86 bits per heavy atom. The molecule has 1 unspecified atom stereocenters. The van der Waals surface area contributed by atoms with Crippen LogP contribution in [0.5, 0.6) is 0 Å². The Balaban J connectivity index is 1.53. The normalized spacial score (nSPS) is 17.8. The molecule has 1 aliphatic carbocycles. The van der Waals surface area contributed by atoms with Crippen molar-refractivity contribution in [3.05, 3.63) is 47.2 Å². The van der Waals surface area contributed by atoms with Crippen LogP contribution in [0.1, 0.15) is 23.3 Å². The Morgan fingerprint density at radius 3 is 2.54 bits per heavy atom. The summed E-state index contributed by atoms with van der Waals surface area (Å²) >= 11 is 6.13. The largest absolute Gasteiger partial charge is 0.339 e. The highest BCUT2D eigenvalue weighted by Gasteiger charge is 2.39. The zero-order valence-electron chi connectivity index (χ0n) is 15.4. The molecule has 0 bridgehead atoms. The lowest BCUT2D eigenvalue weighted by molar-refractivity contribution is -0.134. The monoisotopic (exact) mass is 399 g/mol. The fraction of sp³-hybridized carbons (Fsp3) is 0.400. The zero-order valence-corrected chi connectivity index (χ0v) is 16.2. The average molecular weight is 400 g/mol. The average Bonchev–Trinajstić information content (AvgIpc) is 3.57. The van der Waals surface area contributed by atoms with Gasteiger partial charge >= 0.3 is 0 Å². The van der Waals surface area contributed by atoms with Crippen molar-refractivity contribution in [3.8, 4) is 11.4 Å². The first-order chi connectivity index (χ1) is 13.6. The van der Waals surface area contributed by atoms with E-state index in [0.29, 0.717) is 18.9 Å². The van der Waals surface area contributed by atoms with Crippen LogP contribution in [0.15, 0.2) is 36.4 Å². The van der Waals surface area contributed by atoms with Gasteiger partial charge in [0, 0.05) is 37.8 Å². The van der Waals surface area contributed by atoms with Gasteiger partial charge in [-0.1, -0.05) is 41.9 Å². The molecule has 28 heavy (non-hydrogen) atoms. The van der Waals surface area contributed by atoms with Crippen molar-refractivity contribution in [2.45, 2.75) is 18.9 Å². The summed E-state index contributed by atoms with van der Waals surface area (Å²) < 4.78 is 0. The van der Waals surface area contributed by atoms with E-state index < -0.39 is 11.9 Å². The maximum atomic E-state index is 12.9. The molecular formula is C20H22ClN5O2. The highest BCUT2D eigenvalue weighted by molar-refractivity contribution is 6.29. The molecule has 8 heteroatoms. The lowest BCUT2D eigenvalue weighted by Crippen LogP contribution is -2.54. The van der Waals surface area contributed by atoms with Gasteiger partial charge in [0.15, 0.2) is 5.82 Å². The second-order valence-electron chi connectivity index (χ2n) is 7.13. The summed E-state index contributed by atoms with van der Waals surface area (Å²) in [7, 11) is 0. The first kappa shape index (κ1) is 18.8. The topological polar surface area (TPSA) is 87.2 Å². The molecule has 4 rings (SSSR count). The minimum absolute atomic E-state index is 0.0132. The van der Waals surface area contributed by atoms with E-state index in [1.165, 1.54) is 6.07 Å². The van der Waals surface area contributed by atoms with Gasteiger partial charge in [-0.05, 0) is 18.8 Å². The number of benzene rings is 1. The van der Waals surface area contributed by atoms with E-state index in [2.05, 4.69) is 20.6 Å². The van der Waals surface area contributed by atoms with Crippen molar-refractivity contribution in [1.29, 1.82) is 0 Å². The van der Waals surface area contributed by atoms with Gasteiger partial charge < -0.3 is 15.5 Å². The van der Waals surface area contributed by atoms with Gasteiger partial charge in [-0.3, -0.25) is 9.59 Å². The van der Waals surface area contributed by atoms with Crippen molar-refractivity contribution < 1.29 is 9.59 Å². The summed E-state index contributed by atoms with van der Waals surface area (Å²) in [5, 5.41) is 6.32. The fourth-order valence-electron chi connectivity index (χ4n) is 3.36. The summed E-state index contributed by atoms with van der Waals surface area (Å²) in [6.45, 7) is 2.88. The lowest BCUT2D eigenvalue weighted by Gasteiger charge is -2.31. The van der Waals surface area contributed by atoms with Crippen molar-refractivity contribution in [2.24, 2.45) is 5.92 Å². The molecule has 1 aromatic carbocycles. The molecule has 1 saturated carbocycles. The van der Waals surface area contributed by atoms with Crippen LogP contribution in [0.3, 0.4) is 0 Å². The summed E-state index contributed by atoms with van der Waals surface area (Å²) in [6.07, 6.45) is 1.89. The number of hydrogen-bond donors (Lipinski definition) is 2. The van der Waals surface area contributed by atoms with Crippen LogP contribution in [0.2, 0.25) is 5.15 Å². The Hall–Kier alpha value is -2.51. The number of amides is 2. The predicted octanol–water partition coefficient (Wildman–Crippen LogP) is 1.74. The van der Waals surface area contributed by atoms with Crippen LogP contribution >= 0.6 is 11.6 Å². The predicted molar refractivity (Wildman–Crippen MR) is 106 cm³/mol. The summed E-state index contributed by atoms with van der Waals surface area (Å²) in [6, 6.07) is 10.3. The molecule has 2 heterocycles. The highest BCUT2D eigenvalue weighted by Crippen LogP contribution is 2.33. The SMILES string of the molecule is O=C(NC(C(=O)N1CCNCC1)C1CC1)c1cc(Cl)nc(-c2ccccc2)n1. The molecule has 1 aromatic heterocycles. The van der Waals surface area contributed by atoms with Crippen LogP contribution in [0.4, 0.5) is 0 Å². The minimum Gasteiger partial charge on any atom is -0.339 e. The van der Waals surface area contributed by atoms with Crippen LogP contribution in [0.25, 0.3) is 11.4 Å². The van der Waals surface area contributed by atoms with Gasteiger partial charge in [-0.2, -0.15) is 0 Å². The molecular weight excluding hydrogens is 378 g/mol. The summed E-state index contributed by atoms with van der Waals surface area (Å²) in [5.41, 5.74) is 0.937. The molecule has 1 atom stereocenters. The number of piperazine rings is 1. The number of carbonyl (C=O) groups excluding carboxylic acids is 2. The molecule has 1 saturated heterocycles. The van der Waals surface area contributed by atoms with Gasteiger partial charge in [-0.25, -0.2) is 9.97 Å². The maximum Gasteiger partial charge on any atom is 0.270 e. The highest BCUT2D eigenvalue weighted by atomic mass is 35.5. The van der Waals surface area contributed by atoms with E-state index in [9.17, 15) is 9.59 Å². The molecule has 1 aliphatic heterocycles. The number of aromatic nitrogens is 2. The van der Waals surface area contributed by atoms with Crippen molar-refractivity contribution in [1.82, 2.24) is 25.5 Å². The van der Waals surface area contributed by atoms with Gasteiger partial charge in [0.05, 0.1) is 0 Å². The maximum absolute atomic E-state index is 12.9. The molecule has 0 radical (unpaired) electrons. The van der Waals surface area contributed by atoms with Crippen LogP contribution in [0, 0.1) is 5.92 Å². The van der Waals surface area contributed by atoms with E-state index in [0.717, 1.165) is 31.5 Å². The lowest BCUT2D eigenvalue weighted by atomic mass is 10.1. The summed E-state index contributed by atoms with van der Waals surface area (Å²) in [5.74, 6) is 0.162. The number of hydrogen-bond acceptors (Lipinski definition) is 5. The molecule has 0 spiro atoms. The third kappa shape index (κ3) is 4.31. The number of nitrogens with one attached hydrogen (secondary N) is 2. The second kappa shape index (κ2) is 8.24. The van der Waals surface area contributed by atoms with Gasteiger partial charge in [0.2, 0.25) is 5.91 Å². The van der Waals surface area contributed by atoms with Gasteiger partial charge in [-0.15, -0.1) is 0 Å². The van der Waals surface area contributed by atoms with E-state index in [1.54, 1.807) is 0 Å². The standard InChI is InChI=1S/C20H22ClN5O2/c21-16-12-15(23-18(24-16)14-4-2-1-3-5-14)19(27)25-17(13-6-7-13)20(28)26-10-8-22-9-11-26/h1-5,12-13,17,22H,6-11H2,(H,25,27). The molecule has 2 aromatic rings. The molecule has 146 valence electrons. The van der Waals surface area contributed by atoms with E-state index in [4.69, 9.17) is 11.6 Å². The van der Waals surface area contributed by atoms with E-state index in [1.807, 2.05) is 35.2 Å². The quantitative estimate of drug-likeness (QED) is 0.748. The number of nitrogens with zero attached hydrogens (tertiary/aromatic N) is 3. The Kier molecular flexibility index (Phi) is 5.54. The van der Waals surface area contributed by atoms with Crippen LogP contribution < -0.4 is 10.6 Å². The Labute approximate surface area is 168 Å². The van der Waals surface area contributed by atoms with Crippen molar-refractivity contribution in [3.63, 3.8) is 0 Å². The Bertz CT molecular complexity index is 866. The van der Waals surface area contributed by atoms with E-state index in [-0.39, 0.29) is 22.7 Å². The van der Waals surface area contributed by atoms with Crippen molar-refractivity contribution >= 4 is 23.4 Å².